The summed E-state index contributed by atoms with van der Waals surface area (Å²) in [5.74, 6) is 0.563. The fourth-order valence-corrected chi connectivity index (χ4v) is 10.5. The number of hydrogen-bond acceptors (Lipinski definition) is 5. The smallest absolute Gasteiger partial charge is 0.164 e. The van der Waals surface area contributed by atoms with Crippen molar-refractivity contribution < 1.29 is 17.1 Å². The van der Waals surface area contributed by atoms with Crippen LogP contribution in [0.2, 0.25) is 0 Å². The highest BCUT2D eigenvalue weighted by atomic mass is 16.3. The summed E-state index contributed by atoms with van der Waals surface area (Å²) in [5.41, 5.74) is 10.9. The Kier molecular flexibility index (Phi) is 7.45. The van der Waals surface area contributed by atoms with Gasteiger partial charge in [-0.3, -0.25) is 0 Å². The third-order valence-electron chi connectivity index (χ3n) is 13.5. The van der Waals surface area contributed by atoms with Crippen LogP contribution in [0.1, 0.15) is 30.5 Å². The molecule has 5 heteroatoms. The molecule has 10 aromatic carbocycles. The highest BCUT2D eigenvalue weighted by Crippen LogP contribution is 2.56. The van der Waals surface area contributed by atoms with Crippen molar-refractivity contribution in [1.29, 1.82) is 0 Å². The van der Waals surface area contributed by atoms with Crippen LogP contribution >= 0.6 is 0 Å². The zero-order valence-corrected chi connectivity index (χ0v) is 36.7. The minimum atomic E-state index is -0.715. The molecular weight excluding hydrogens is 843 g/mol. The molecule has 0 saturated carbocycles. The maximum absolute atomic E-state index is 9.92. The molecule has 5 nitrogen and oxygen atoms in total. The van der Waals surface area contributed by atoms with E-state index in [-0.39, 0.29) is 75.1 Å². The minimum Gasteiger partial charge on any atom is -0.456 e. The Morgan fingerprint density at radius 3 is 1.75 bits per heavy atom. The first-order valence-electron chi connectivity index (χ1n) is 25.8. The lowest BCUT2D eigenvalue weighted by atomic mass is 9.67. The molecule has 322 valence electrons. The van der Waals surface area contributed by atoms with Gasteiger partial charge in [-0.2, -0.15) is 0 Å². The number of hydrogen-bond donors (Lipinski definition) is 0. The highest BCUT2D eigenvalue weighted by Gasteiger charge is 2.46. The topological polar surface area (TPSA) is 65.0 Å². The summed E-state index contributed by atoms with van der Waals surface area (Å²) in [6, 6.07) is 65.0. The fourth-order valence-electron chi connectivity index (χ4n) is 10.5. The first-order valence-corrected chi connectivity index (χ1v) is 22.8. The SMILES string of the molecule is [2H]c1c([2H])c(-c2ccc3c(c2)oc2ccccc23)c2c(oc3c([2H])c(-c4nc(-c5cccc(-c6ccccc6)c5)nc(-c5ccc6c(c5)C(c5ccccc5)(c5ccccc5)c5ccccc5-6)n4)c([2H])c([2H])c32)c1[2H]. The van der Waals surface area contributed by atoms with Crippen LogP contribution in [0.25, 0.3) is 111 Å². The number of fused-ring (bicyclic) bond motifs is 9. The molecule has 1 aliphatic rings. The second-order valence-corrected chi connectivity index (χ2v) is 17.4. The summed E-state index contributed by atoms with van der Waals surface area (Å²) < 4.78 is 69.4. The predicted molar refractivity (Wildman–Crippen MR) is 279 cm³/mol. The number of aromatic nitrogens is 3. The molecule has 0 fully saturated rings. The van der Waals surface area contributed by atoms with Gasteiger partial charge in [-0.15, -0.1) is 0 Å². The van der Waals surface area contributed by atoms with Crippen molar-refractivity contribution in [2.75, 3.05) is 0 Å². The van der Waals surface area contributed by atoms with Crippen molar-refractivity contribution >= 4 is 43.9 Å². The van der Waals surface area contributed by atoms with E-state index in [4.69, 9.17) is 26.5 Å². The zero-order chi connectivity index (χ0) is 50.7. The Labute approximate surface area is 406 Å². The van der Waals surface area contributed by atoms with Crippen molar-refractivity contribution in [2.24, 2.45) is 0 Å². The van der Waals surface area contributed by atoms with Gasteiger partial charge in [-0.05, 0) is 104 Å². The Morgan fingerprint density at radius 1 is 0.348 bits per heavy atom. The molecular formula is C64H39N3O2. The summed E-state index contributed by atoms with van der Waals surface area (Å²) in [6.07, 6.45) is 0. The molecule has 1 aliphatic carbocycles. The lowest BCUT2D eigenvalue weighted by molar-refractivity contribution is 0.668. The Morgan fingerprint density at radius 2 is 0.957 bits per heavy atom. The van der Waals surface area contributed by atoms with E-state index in [9.17, 15) is 5.48 Å². The van der Waals surface area contributed by atoms with Crippen LogP contribution in [0.3, 0.4) is 0 Å². The van der Waals surface area contributed by atoms with Gasteiger partial charge < -0.3 is 8.83 Å². The van der Waals surface area contributed by atoms with Gasteiger partial charge in [-0.1, -0.05) is 188 Å². The van der Waals surface area contributed by atoms with Crippen molar-refractivity contribution in [3.8, 4) is 67.5 Å². The molecule has 0 amide bonds. The molecule has 3 aromatic heterocycles. The lowest BCUT2D eigenvalue weighted by Crippen LogP contribution is -2.28. The molecule has 0 atom stereocenters. The first-order chi connectivity index (χ1) is 36.7. The van der Waals surface area contributed by atoms with Gasteiger partial charge in [0.2, 0.25) is 0 Å². The van der Waals surface area contributed by atoms with Crippen LogP contribution in [-0.4, -0.2) is 15.0 Å². The number of para-hydroxylation sites is 1. The molecule has 0 N–H and O–H groups in total. The van der Waals surface area contributed by atoms with E-state index >= 15 is 0 Å². The van der Waals surface area contributed by atoms with Crippen LogP contribution in [0.15, 0.2) is 245 Å². The van der Waals surface area contributed by atoms with Gasteiger partial charge in [0.05, 0.1) is 13.6 Å². The normalized spacial score (nSPS) is 14.0. The van der Waals surface area contributed by atoms with E-state index in [0.717, 1.165) is 55.3 Å². The monoisotopic (exact) mass is 887 g/mol. The second kappa shape index (κ2) is 15.4. The zero-order valence-electron chi connectivity index (χ0n) is 42.7. The molecule has 14 rings (SSSR count). The lowest BCUT2D eigenvalue weighted by Gasteiger charge is -2.34. The second-order valence-electron chi connectivity index (χ2n) is 17.4. The van der Waals surface area contributed by atoms with Crippen molar-refractivity contribution in [3.63, 3.8) is 0 Å². The molecule has 0 saturated heterocycles. The first kappa shape index (κ1) is 33.3. The Bertz CT molecular complexity index is 4460. The van der Waals surface area contributed by atoms with Crippen molar-refractivity contribution in [1.82, 2.24) is 15.0 Å². The van der Waals surface area contributed by atoms with Gasteiger partial charge in [0.25, 0.3) is 0 Å². The maximum atomic E-state index is 9.92. The summed E-state index contributed by atoms with van der Waals surface area (Å²) in [6.45, 7) is 0. The molecule has 3 heterocycles. The third kappa shape index (κ3) is 6.14. The number of rotatable bonds is 7. The maximum Gasteiger partial charge on any atom is 0.164 e. The minimum absolute atomic E-state index is 0.0174. The predicted octanol–water partition coefficient (Wildman–Crippen LogP) is 16.4. The number of furan rings is 2. The van der Waals surface area contributed by atoms with Crippen LogP contribution < -0.4 is 0 Å². The van der Waals surface area contributed by atoms with Gasteiger partial charge in [0.15, 0.2) is 17.5 Å². The summed E-state index contributed by atoms with van der Waals surface area (Å²) >= 11 is 0. The van der Waals surface area contributed by atoms with Crippen molar-refractivity contribution in [3.05, 3.63) is 259 Å². The Hall–Kier alpha value is -9.19. The number of benzene rings is 10. The van der Waals surface area contributed by atoms with Gasteiger partial charge >= 0.3 is 0 Å². The van der Waals surface area contributed by atoms with E-state index in [2.05, 4.69) is 84.9 Å². The van der Waals surface area contributed by atoms with Gasteiger partial charge in [0, 0.05) is 38.2 Å². The van der Waals surface area contributed by atoms with E-state index in [1.807, 2.05) is 109 Å². The number of nitrogens with zero attached hydrogens (tertiary/aromatic N) is 3. The molecule has 0 bridgehead atoms. The van der Waals surface area contributed by atoms with Gasteiger partial charge in [-0.25, -0.2) is 15.0 Å². The molecule has 13 aromatic rings. The largest absolute Gasteiger partial charge is 0.456 e. The average molecular weight is 888 g/mol. The summed E-state index contributed by atoms with van der Waals surface area (Å²) in [7, 11) is 0. The molecule has 69 heavy (non-hydrogen) atoms. The summed E-state index contributed by atoms with van der Waals surface area (Å²) in [4.78, 5) is 15.4. The highest BCUT2D eigenvalue weighted by molar-refractivity contribution is 6.14. The van der Waals surface area contributed by atoms with E-state index < -0.39 is 5.41 Å². The van der Waals surface area contributed by atoms with E-state index in [1.54, 1.807) is 6.07 Å². The molecule has 0 radical (unpaired) electrons. The van der Waals surface area contributed by atoms with Crippen molar-refractivity contribution in [2.45, 2.75) is 5.41 Å². The van der Waals surface area contributed by atoms with E-state index in [1.165, 1.54) is 0 Å². The quantitative estimate of drug-likeness (QED) is 0.159. The summed E-state index contributed by atoms with van der Waals surface area (Å²) in [5, 5.41) is 2.06. The Balaban J connectivity index is 1.01. The molecule has 0 unspecified atom stereocenters. The van der Waals surface area contributed by atoms with Crippen LogP contribution in [0.5, 0.6) is 0 Å². The molecule has 0 aliphatic heterocycles. The molecule has 0 spiro atoms. The standard InChI is InChI=1S/C64H39N3O2/c1-4-16-40(17-5-1)41-18-14-19-43(36-41)61-65-62(44-31-33-50-49-24-10-12-27-54(49)64(55(50)37-44,46-20-6-2-7-21-46)47-22-8-3-9-23-47)67-63(66-61)45-32-35-53-59(39-45)69-57-29-15-26-48(60(53)57)42-30-34-52-51-25-11-13-28-56(51)68-58(52)38-42/h1-39H/i15D,26D,29D,32D,35D,39D. The third-order valence-corrected chi connectivity index (χ3v) is 13.5. The average Bonchev–Trinajstić information content (AvgIpc) is 4.28. The van der Waals surface area contributed by atoms with Crippen LogP contribution in [0, 0.1) is 0 Å². The van der Waals surface area contributed by atoms with Crippen LogP contribution in [0.4, 0.5) is 0 Å². The van der Waals surface area contributed by atoms with Crippen LogP contribution in [-0.2, 0) is 5.41 Å². The van der Waals surface area contributed by atoms with E-state index in [0.29, 0.717) is 39.5 Å². The fraction of sp³-hybridized carbons (Fsp3) is 0.0156. The van der Waals surface area contributed by atoms with Gasteiger partial charge in [0.1, 0.15) is 22.3 Å².